The Hall–Kier alpha value is -13.2. The summed E-state index contributed by atoms with van der Waals surface area (Å²) in [6.07, 6.45) is 5.58. The first-order valence-electron chi connectivity index (χ1n) is 43.4. The van der Waals surface area contributed by atoms with Gasteiger partial charge in [-0.15, -0.1) is 0 Å². The van der Waals surface area contributed by atoms with Crippen LogP contribution in [0.3, 0.4) is 0 Å². The highest BCUT2D eigenvalue weighted by atomic mass is 19.1. The number of likely N-dealkylation sites (N-methyl/N-ethyl adjacent to an activating group) is 1. The quantitative estimate of drug-likeness (QED) is 0.0137. The number of amides is 10. The van der Waals surface area contributed by atoms with E-state index in [2.05, 4.69) is 54.8 Å². The molecule has 4 aromatic carbocycles. The van der Waals surface area contributed by atoms with E-state index in [0.29, 0.717) is 119 Å². The second-order valence-electron chi connectivity index (χ2n) is 36.5. The zero-order valence-electron chi connectivity index (χ0n) is 79.4. The molecule has 10 amide bonds. The van der Waals surface area contributed by atoms with Crippen LogP contribution in [0.2, 0.25) is 0 Å². The van der Waals surface area contributed by atoms with E-state index >= 15 is 0 Å². The lowest BCUT2D eigenvalue weighted by Crippen LogP contribution is -2.62. The van der Waals surface area contributed by atoms with Gasteiger partial charge < -0.3 is 71.9 Å². The van der Waals surface area contributed by atoms with E-state index < -0.39 is 106 Å². The molecule has 702 valence electrons. The maximum absolute atomic E-state index is 13.6. The van der Waals surface area contributed by atoms with Gasteiger partial charge in [-0.3, -0.25) is 71.9 Å². The fourth-order valence-corrected chi connectivity index (χ4v) is 18.2. The molecule has 4 fully saturated rings. The largest absolute Gasteiger partial charge is 0.368 e. The highest BCUT2D eigenvalue weighted by Gasteiger charge is 2.55. The van der Waals surface area contributed by atoms with Crippen molar-refractivity contribution in [1.82, 2.24) is 44.9 Å². The minimum Gasteiger partial charge on any atom is -0.368 e. The topological polar surface area (TPSA) is 410 Å². The monoisotopic (exact) mass is 1810 g/mol. The number of ketones is 5. The Kier molecular flexibility index (Phi) is 32.8. The summed E-state index contributed by atoms with van der Waals surface area (Å²) in [4.78, 5) is 191. The molecule has 2 unspecified atom stereocenters. The molecule has 4 bridgehead atoms. The molecule has 4 aliphatic carbocycles. The zero-order valence-corrected chi connectivity index (χ0v) is 79.4. The molecule has 4 saturated carbocycles. The van der Waals surface area contributed by atoms with Gasteiger partial charge in [0.05, 0.1) is 51.1 Å². The van der Waals surface area contributed by atoms with E-state index in [1.807, 2.05) is 20.8 Å². The molecular weight excluding hydrogens is 1690 g/mol. The van der Waals surface area contributed by atoms with E-state index in [1.54, 1.807) is 157 Å². The fraction of sp³-hybridized carbons (Fsp3) is 0.439. The summed E-state index contributed by atoms with van der Waals surface area (Å²) < 4.78 is 60.2. The summed E-state index contributed by atoms with van der Waals surface area (Å²) in [5.74, 6) is -9.16. The molecule has 33 heteroatoms. The van der Waals surface area contributed by atoms with Gasteiger partial charge in [0.2, 0.25) is 11.8 Å². The van der Waals surface area contributed by atoms with Crippen molar-refractivity contribution >= 4 is 111 Å². The summed E-state index contributed by atoms with van der Waals surface area (Å²) in [5, 5.41) is 24.0. The van der Waals surface area contributed by atoms with Crippen molar-refractivity contribution in [3.8, 4) is 0 Å². The normalized spacial score (nSPS) is 16.5. The zero-order chi connectivity index (χ0) is 98.4. The van der Waals surface area contributed by atoms with Crippen LogP contribution in [-0.4, -0.2) is 137 Å². The van der Waals surface area contributed by atoms with Gasteiger partial charge in [-0.2, -0.15) is 0 Å². The lowest BCUT2D eigenvalue weighted by atomic mass is 9.49. The van der Waals surface area contributed by atoms with Crippen molar-refractivity contribution in [3.05, 3.63) is 208 Å². The third-order valence-electron chi connectivity index (χ3n) is 25.7. The Balaban J connectivity index is 0.000000216. The van der Waals surface area contributed by atoms with E-state index in [4.69, 9.17) is 5.73 Å². The van der Waals surface area contributed by atoms with Gasteiger partial charge >= 0.3 is 0 Å². The molecule has 131 heavy (non-hydrogen) atoms. The van der Waals surface area contributed by atoms with Crippen molar-refractivity contribution < 1.29 is 89.5 Å². The highest BCUT2D eigenvalue weighted by molar-refractivity contribution is 6.45. The third kappa shape index (κ3) is 22.6. The van der Waals surface area contributed by atoms with Gasteiger partial charge in [0.25, 0.3) is 70.4 Å². The number of halogens is 4. The first-order chi connectivity index (χ1) is 61.0. The van der Waals surface area contributed by atoms with Gasteiger partial charge in [-0.05, 0) is 273 Å². The van der Waals surface area contributed by atoms with Crippen LogP contribution >= 0.6 is 0 Å². The molecule has 4 aliphatic rings. The average molecular weight is 1810 g/mol. The van der Waals surface area contributed by atoms with Crippen LogP contribution in [0.1, 0.15) is 252 Å². The number of carbonyl (C=O) groups excluding carboxylic acids is 15. The van der Waals surface area contributed by atoms with E-state index in [1.165, 1.54) is 100 Å². The van der Waals surface area contributed by atoms with Crippen molar-refractivity contribution in [1.29, 1.82) is 0 Å². The number of Topliss-reactive ketones (excluding diaryl/α,β-unsaturated/α-hetero) is 5. The van der Waals surface area contributed by atoms with Gasteiger partial charge in [0, 0.05) is 92.7 Å². The first-order valence-corrected chi connectivity index (χ1v) is 43.4. The molecule has 0 spiro atoms. The van der Waals surface area contributed by atoms with Crippen LogP contribution in [-0.2, 0) is 61.8 Å². The van der Waals surface area contributed by atoms with Crippen LogP contribution in [0.4, 0.5) is 40.3 Å². The van der Waals surface area contributed by atoms with E-state index in [9.17, 15) is 89.5 Å². The Bertz CT molecular complexity index is 5940. The Morgan fingerprint density at radius 1 is 0.427 bits per heavy atom. The smallest absolute Gasteiger partial charge is 0.294 e. The molecule has 5 atom stereocenters. The Labute approximate surface area is 760 Å². The number of primary amides is 1. The predicted octanol–water partition coefficient (Wildman–Crippen LogP) is 13.5. The van der Waals surface area contributed by atoms with Crippen LogP contribution in [0.15, 0.2) is 72.8 Å². The minimum absolute atomic E-state index is 0.0300. The molecule has 12 rings (SSSR count). The third-order valence-corrected chi connectivity index (χ3v) is 25.7. The molecular formula is C98H122F4N14O15. The van der Waals surface area contributed by atoms with Gasteiger partial charge in [0.15, 0.2) is 5.78 Å². The maximum atomic E-state index is 13.6. The number of hydrogen-bond donors (Lipinski definition) is 10. The summed E-state index contributed by atoms with van der Waals surface area (Å²) in [6.45, 7) is 35.9. The fourth-order valence-electron chi connectivity index (χ4n) is 18.2. The number of aromatic nitrogens is 4. The SMILES string of the molecule is CCC(=O)[C@H](NC(=O)C(=O)c1c(C)c(C(=O)Nc2ccc(F)c(C)c2)c(C)n1C)C(C)(C)C.CNC(=O)[C@@H](NC(=O)C(=O)c1c(C)c(C(=O)Nc2ccc(F)c(C)c2)c(C)n1C)C(C)C.Cc1cc(NC(=O)c2c(C)c(C(=O)C(=O)NC34CC5CC(C3)C(C)C(C5)C4)n(C)c2C)ccc1F.Cc1cc(NC(=O)c2c(C)c(C(=O)C(=O)N[C@H](C(N)=O)C(C)C)n(C)c2C)ccc1F. The van der Waals surface area contributed by atoms with Crippen molar-refractivity contribution in [2.75, 3.05) is 28.3 Å². The molecule has 0 saturated heterocycles. The number of rotatable bonds is 26. The van der Waals surface area contributed by atoms with Crippen LogP contribution in [0, 0.1) is 147 Å². The number of carbonyl (C=O) groups is 15. The predicted molar refractivity (Wildman–Crippen MR) is 490 cm³/mol. The molecule has 4 heterocycles. The Morgan fingerprint density at radius 3 is 0.954 bits per heavy atom. The summed E-state index contributed by atoms with van der Waals surface area (Å²) in [6, 6.07) is 14.3. The van der Waals surface area contributed by atoms with Gasteiger partial charge in [-0.1, -0.05) is 62.3 Å². The van der Waals surface area contributed by atoms with Crippen LogP contribution in [0.5, 0.6) is 0 Å². The summed E-state index contributed by atoms with van der Waals surface area (Å²) >= 11 is 0. The summed E-state index contributed by atoms with van der Waals surface area (Å²) in [5.41, 5.74) is 12.7. The van der Waals surface area contributed by atoms with Crippen molar-refractivity contribution in [2.24, 2.45) is 74.8 Å². The number of nitrogens with two attached hydrogens (primary N) is 1. The summed E-state index contributed by atoms with van der Waals surface area (Å²) in [7, 11) is 7.90. The number of nitrogens with zero attached hydrogens (tertiary/aromatic N) is 4. The number of hydrogen-bond acceptors (Lipinski definition) is 15. The van der Waals surface area contributed by atoms with E-state index in [-0.39, 0.29) is 92.3 Å². The Morgan fingerprint density at radius 2 is 0.702 bits per heavy atom. The second kappa shape index (κ2) is 41.7. The average Bonchev–Trinajstić information content (AvgIpc) is 1.67. The van der Waals surface area contributed by atoms with E-state index in [0.717, 1.165) is 19.3 Å². The molecule has 0 radical (unpaired) electrons. The van der Waals surface area contributed by atoms with Crippen LogP contribution in [0.25, 0.3) is 0 Å². The number of benzene rings is 4. The lowest BCUT2D eigenvalue weighted by Gasteiger charge is -2.59. The maximum Gasteiger partial charge on any atom is 0.294 e. The van der Waals surface area contributed by atoms with Crippen molar-refractivity contribution in [2.45, 2.75) is 208 Å². The number of nitrogens with one attached hydrogen (secondary N) is 9. The molecule has 11 N–H and O–H groups in total. The highest BCUT2D eigenvalue weighted by Crippen LogP contribution is 2.58. The minimum atomic E-state index is -0.998. The first kappa shape index (κ1) is 103. The molecule has 8 aromatic rings. The van der Waals surface area contributed by atoms with Gasteiger partial charge in [0.1, 0.15) is 35.4 Å². The standard InChI is InChI=1S/C28H34FN3O3.C25H32FN3O4.C23H29FN4O4.C22H27FN4O4/c1-14-8-21(6-7-22(14)29)30-26(34)23-16(3)24(32(5)17(23)4)25(33)27(35)31-28-11-18-9-19(12-28)15(2)20(10-18)13-28;1-9-18(30)22(25(5,6)7)28-24(33)21(31)20-14(3)19(15(4)29(20)8)23(32)27-16-10-11-17(26)13(2)12-16;1-11(2)18(22(31)25-6)27-23(32)20(29)19-13(4)17(14(5)28(19)7)21(30)26-15-8-9-16(24)12(3)10-15;1-10(2)17(20(24)29)26-22(31)19(28)18-12(4)16(13(5)27(18)6)21(30)25-14-7-8-15(23)11(3)9-14/h6-8,15,18-20H,9-13H2,1-5H3,(H,30,34)(H,31,35);10-12,22H,9H2,1-8H3,(H,27,32)(H,28,33);8-11,18H,1-7H3,(H,25,31)(H,26,30)(H,27,32);7-10,17H,1-6H3,(H2,24,29)(H,25,30)(H,26,31)/t;22-;18-;17-/m.000/s1. The van der Waals surface area contributed by atoms with Gasteiger partial charge in [-0.25, -0.2) is 17.6 Å². The molecule has 29 nitrogen and oxygen atoms in total. The van der Waals surface area contributed by atoms with Crippen LogP contribution < -0.4 is 53.6 Å². The molecule has 4 aromatic heterocycles. The lowest BCUT2D eigenvalue weighted by molar-refractivity contribution is -0.128. The van der Waals surface area contributed by atoms with Crippen molar-refractivity contribution in [3.63, 3.8) is 0 Å². The number of anilines is 4. The molecule has 0 aliphatic heterocycles. The second-order valence-corrected chi connectivity index (χ2v) is 36.5. The number of aryl methyl sites for hydroxylation is 4.